The van der Waals surface area contributed by atoms with Gasteiger partial charge in [-0.05, 0) is 50.8 Å². The number of aryl methyl sites for hydroxylation is 2. The zero-order valence-electron chi connectivity index (χ0n) is 15.1. The average Bonchev–Trinajstić information content (AvgIpc) is 2.89. The maximum absolute atomic E-state index is 12.5. The van der Waals surface area contributed by atoms with Crippen LogP contribution in [0, 0.1) is 6.92 Å². The second-order valence-corrected chi connectivity index (χ2v) is 7.80. The van der Waals surface area contributed by atoms with Gasteiger partial charge in [-0.1, -0.05) is 19.1 Å². The highest BCUT2D eigenvalue weighted by molar-refractivity contribution is 5.99. The Balaban J connectivity index is 1.90. The molecule has 0 aromatic heterocycles. The zero-order chi connectivity index (χ0) is 17.6. The van der Waals surface area contributed by atoms with Crippen molar-refractivity contribution in [2.45, 2.75) is 58.6 Å². The molecule has 5 nitrogen and oxygen atoms in total. The van der Waals surface area contributed by atoms with E-state index in [0.717, 1.165) is 23.1 Å². The molecule has 24 heavy (non-hydrogen) atoms. The Hall–Kier alpha value is -2.04. The first-order valence-corrected chi connectivity index (χ1v) is 8.62. The molecule has 3 rings (SSSR count). The molecule has 2 heterocycles. The van der Waals surface area contributed by atoms with Crippen molar-refractivity contribution in [1.29, 1.82) is 0 Å². The molecule has 130 valence electrons. The molecule has 0 saturated carbocycles. The minimum atomic E-state index is -0.516. The van der Waals surface area contributed by atoms with Gasteiger partial charge in [-0.3, -0.25) is 4.79 Å². The second kappa shape index (κ2) is 5.80. The maximum atomic E-state index is 12.5. The molecule has 1 N–H and O–H groups in total. The molecule has 0 bridgehead atoms. The fourth-order valence-electron chi connectivity index (χ4n) is 3.68. The van der Waals surface area contributed by atoms with Gasteiger partial charge in [0.05, 0.1) is 6.04 Å². The Morgan fingerprint density at radius 3 is 2.67 bits per heavy atom. The predicted molar refractivity (Wildman–Crippen MR) is 92.4 cm³/mol. The standard InChI is InChI=1S/C19H26N2O3/c1-6-12-7-11(2)16-13(8-12)14-9-21(10-15(14)20-17(16)22)18(23)24-19(3,4)5/h7-8,14-15H,6,9-10H2,1-5H3,(H,20,22). The van der Waals surface area contributed by atoms with Crippen molar-refractivity contribution in [3.8, 4) is 0 Å². The van der Waals surface area contributed by atoms with Gasteiger partial charge < -0.3 is 15.0 Å². The summed E-state index contributed by atoms with van der Waals surface area (Å²) in [6.07, 6.45) is 0.624. The molecular weight excluding hydrogens is 304 g/mol. The van der Waals surface area contributed by atoms with Crippen LogP contribution in [0.3, 0.4) is 0 Å². The Morgan fingerprint density at radius 1 is 1.33 bits per heavy atom. The lowest BCUT2D eigenvalue weighted by Gasteiger charge is -2.29. The van der Waals surface area contributed by atoms with Crippen LogP contribution in [0.5, 0.6) is 0 Å². The van der Waals surface area contributed by atoms with Crippen molar-refractivity contribution in [2.24, 2.45) is 0 Å². The van der Waals surface area contributed by atoms with Crippen molar-refractivity contribution in [1.82, 2.24) is 10.2 Å². The van der Waals surface area contributed by atoms with E-state index in [2.05, 4.69) is 24.4 Å². The number of likely N-dealkylation sites (tertiary alicyclic amines) is 1. The summed E-state index contributed by atoms with van der Waals surface area (Å²) in [4.78, 5) is 26.6. The molecule has 0 radical (unpaired) electrons. The number of nitrogens with one attached hydrogen (secondary N) is 1. The summed E-state index contributed by atoms with van der Waals surface area (Å²) in [5.41, 5.74) is 3.58. The first-order chi connectivity index (χ1) is 11.2. The van der Waals surface area contributed by atoms with Crippen molar-refractivity contribution in [3.05, 3.63) is 34.4 Å². The van der Waals surface area contributed by atoms with Crippen LogP contribution in [-0.4, -0.2) is 41.6 Å². The second-order valence-electron chi connectivity index (χ2n) is 7.80. The molecule has 2 atom stereocenters. The fraction of sp³-hybridized carbons (Fsp3) is 0.579. The maximum Gasteiger partial charge on any atom is 0.410 e. The molecule has 5 heteroatoms. The molecule has 2 unspecified atom stereocenters. The van der Waals surface area contributed by atoms with Crippen molar-refractivity contribution in [3.63, 3.8) is 0 Å². The number of benzene rings is 1. The van der Waals surface area contributed by atoms with Gasteiger partial charge in [0.25, 0.3) is 5.91 Å². The van der Waals surface area contributed by atoms with Gasteiger partial charge in [0, 0.05) is 24.6 Å². The average molecular weight is 330 g/mol. The smallest absolute Gasteiger partial charge is 0.410 e. The molecule has 1 fully saturated rings. The van der Waals surface area contributed by atoms with Gasteiger partial charge in [-0.25, -0.2) is 4.79 Å². The third-order valence-corrected chi connectivity index (χ3v) is 4.75. The third-order valence-electron chi connectivity index (χ3n) is 4.75. The minimum Gasteiger partial charge on any atom is -0.444 e. The summed E-state index contributed by atoms with van der Waals surface area (Å²) in [5.74, 6) is 0.105. The van der Waals surface area contributed by atoms with Gasteiger partial charge in [0.15, 0.2) is 0 Å². The number of hydrogen-bond acceptors (Lipinski definition) is 3. The summed E-state index contributed by atoms with van der Waals surface area (Å²) in [7, 11) is 0. The highest BCUT2D eigenvalue weighted by atomic mass is 16.6. The molecule has 1 saturated heterocycles. The van der Waals surface area contributed by atoms with E-state index in [9.17, 15) is 9.59 Å². The summed E-state index contributed by atoms with van der Waals surface area (Å²) in [5, 5.41) is 3.07. The molecule has 1 aromatic rings. The quantitative estimate of drug-likeness (QED) is 0.861. The van der Waals surface area contributed by atoms with E-state index in [4.69, 9.17) is 4.74 Å². The molecule has 2 aliphatic heterocycles. The third kappa shape index (κ3) is 2.99. The Labute approximate surface area is 143 Å². The summed E-state index contributed by atoms with van der Waals surface area (Å²) in [6.45, 7) is 10.8. The van der Waals surface area contributed by atoms with Crippen LogP contribution in [0.1, 0.15) is 60.7 Å². The van der Waals surface area contributed by atoms with Crippen LogP contribution in [0.25, 0.3) is 0 Å². The summed E-state index contributed by atoms with van der Waals surface area (Å²) in [6, 6.07) is 4.18. The lowest BCUT2D eigenvalue weighted by Crippen LogP contribution is -2.45. The van der Waals surface area contributed by atoms with E-state index < -0.39 is 5.60 Å². The lowest BCUT2D eigenvalue weighted by molar-refractivity contribution is 0.0288. The lowest BCUT2D eigenvalue weighted by atomic mass is 9.83. The van der Waals surface area contributed by atoms with E-state index in [0.29, 0.717) is 13.1 Å². The van der Waals surface area contributed by atoms with Crippen molar-refractivity contribution >= 4 is 12.0 Å². The number of amides is 2. The van der Waals surface area contributed by atoms with Crippen molar-refractivity contribution in [2.75, 3.05) is 13.1 Å². The number of carbonyl (C=O) groups is 2. The van der Waals surface area contributed by atoms with E-state index in [1.807, 2.05) is 27.7 Å². The normalized spacial score (nSPS) is 22.7. The summed E-state index contributed by atoms with van der Waals surface area (Å²) < 4.78 is 5.49. The highest BCUT2D eigenvalue weighted by Gasteiger charge is 2.43. The first-order valence-electron chi connectivity index (χ1n) is 8.62. The molecule has 2 aliphatic rings. The minimum absolute atomic E-state index is 0.0301. The Bertz CT molecular complexity index is 691. The van der Waals surface area contributed by atoms with E-state index in [1.165, 1.54) is 5.56 Å². The van der Waals surface area contributed by atoms with Gasteiger partial charge in [-0.15, -0.1) is 0 Å². The number of nitrogens with zero attached hydrogens (tertiary/aromatic N) is 1. The summed E-state index contributed by atoms with van der Waals surface area (Å²) >= 11 is 0. The molecular formula is C19H26N2O3. The van der Waals surface area contributed by atoms with Crippen LogP contribution in [-0.2, 0) is 11.2 Å². The first kappa shape index (κ1) is 16.8. The number of ether oxygens (including phenoxy) is 1. The zero-order valence-corrected chi connectivity index (χ0v) is 15.1. The van der Waals surface area contributed by atoms with Gasteiger partial charge in [0.2, 0.25) is 0 Å². The Kier molecular flexibility index (Phi) is 4.06. The molecule has 0 spiro atoms. The number of carbonyl (C=O) groups excluding carboxylic acids is 2. The molecule has 0 aliphatic carbocycles. The molecule has 2 amide bonds. The van der Waals surface area contributed by atoms with Crippen LogP contribution in [0.4, 0.5) is 4.79 Å². The monoisotopic (exact) mass is 330 g/mol. The van der Waals surface area contributed by atoms with Crippen LogP contribution in [0.2, 0.25) is 0 Å². The van der Waals surface area contributed by atoms with Crippen molar-refractivity contribution < 1.29 is 14.3 Å². The largest absolute Gasteiger partial charge is 0.444 e. The van der Waals surface area contributed by atoms with Crippen LogP contribution < -0.4 is 5.32 Å². The van der Waals surface area contributed by atoms with Crippen LogP contribution >= 0.6 is 0 Å². The number of rotatable bonds is 1. The van der Waals surface area contributed by atoms with Gasteiger partial charge >= 0.3 is 6.09 Å². The fourth-order valence-corrected chi connectivity index (χ4v) is 3.68. The topological polar surface area (TPSA) is 58.6 Å². The SMILES string of the molecule is CCc1cc(C)c2c(c1)C1CN(C(=O)OC(C)(C)C)CC1NC2=O. The Morgan fingerprint density at radius 2 is 2.04 bits per heavy atom. The highest BCUT2D eigenvalue weighted by Crippen LogP contribution is 2.36. The van der Waals surface area contributed by atoms with Gasteiger partial charge in [-0.2, -0.15) is 0 Å². The van der Waals surface area contributed by atoms with E-state index >= 15 is 0 Å². The number of hydrogen-bond donors (Lipinski definition) is 1. The predicted octanol–water partition coefficient (Wildman–Crippen LogP) is 3.00. The number of fused-ring (bicyclic) bond motifs is 3. The van der Waals surface area contributed by atoms with Gasteiger partial charge in [0.1, 0.15) is 5.60 Å². The van der Waals surface area contributed by atoms with Crippen LogP contribution in [0.15, 0.2) is 12.1 Å². The molecule has 1 aromatic carbocycles. The van der Waals surface area contributed by atoms with E-state index in [1.54, 1.807) is 4.90 Å². The van der Waals surface area contributed by atoms with E-state index in [-0.39, 0.29) is 24.0 Å².